The summed E-state index contributed by atoms with van der Waals surface area (Å²) in [5.74, 6) is -1.17. The third-order valence-electron chi connectivity index (χ3n) is 4.06. The average Bonchev–Trinajstić information content (AvgIpc) is 2.99. The molecule has 0 aliphatic rings. The van der Waals surface area contributed by atoms with Crippen LogP contribution in [0.3, 0.4) is 0 Å². The number of rotatable bonds is 5. The molecule has 0 aliphatic heterocycles. The van der Waals surface area contributed by atoms with Crippen molar-refractivity contribution < 1.29 is 24.5 Å². The summed E-state index contributed by atoms with van der Waals surface area (Å²) in [6.45, 7) is 1.18. The van der Waals surface area contributed by atoms with Gasteiger partial charge in [0.25, 0.3) is 11.4 Å². The Balaban J connectivity index is 1.83. The van der Waals surface area contributed by atoms with E-state index in [1.165, 1.54) is 37.3 Å². The maximum Gasteiger partial charge on any atom is 0.341 e. The van der Waals surface area contributed by atoms with Crippen molar-refractivity contribution in [1.29, 1.82) is 0 Å². The maximum absolute atomic E-state index is 11.9. The summed E-state index contributed by atoms with van der Waals surface area (Å²) >= 11 is 0. The Morgan fingerprint density at radius 2 is 1.65 bits per heavy atom. The lowest BCUT2D eigenvalue weighted by Gasteiger charge is -2.03. The van der Waals surface area contributed by atoms with E-state index in [0.29, 0.717) is 0 Å². The standard InChI is InChI=1S/C17H13N7O7/c1-9(25)22-14-7-6-12(24(30)31)8-13(14)15(16(22)26)19-21-20-17(27)18-10-2-4-11(5-3-10)23(28)29/h2-8,26H,1H3,(H2,18,19,20,27). The number of nitro groups is 2. The minimum absolute atomic E-state index is 0.0724. The molecule has 1 aromatic heterocycles. The van der Waals surface area contributed by atoms with Crippen LogP contribution in [-0.2, 0) is 0 Å². The van der Waals surface area contributed by atoms with E-state index in [-0.39, 0.29) is 33.7 Å². The fourth-order valence-electron chi connectivity index (χ4n) is 2.73. The van der Waals surface area contributed by atoms with E-state index in [1.54, 1.807) is 0 Å². The van der Waals surface area contributed by atoms with Gasteiger partial charge in [0.1, 0.15) is 0 Å². The predicted molar refractivity (Wildman–Crippen MR) is 106 cm³/mol. The van der Waals surface area contributed by atoms with E-state index in [4.69, 9.17) is 0 Å². The summed E-state index contributed by atoms with van der Waals surface area (Å²) in [4.78, 5) is 44.2. The molecule has 0 fully saturated rings. The third kappa shape index (κ3) is 4.26. The SMILES string of the molecule is CC(=O)n1c(O)c(N=NNC(=O)Nc2ccc([N+](=O)[O-])cc2)c2cc([N+](=O)[O-])ccc21. The van der Waals surface area contributed by atoms with Crippen molar-refractivity contribution in [3.63, 3.8) is 0 Å². The number of nitro benzene ring substituents is 2. The van der Waals surface area contributed by atoms with Crippen molar-refractivity contribution in [3.05, 3.63) is 62.7 Å². The third-order valence-corrected chi connectivity index (χ3v) is 4.06. The molecule has 3 rings (SSSR count). The van der Waals surface area contributed by atoms with Crippen molar-refractivity contribution in [3.8, 4) is 5.88 Å². The number of anilines is 1. The van der Waals surface area contributed by atoms with Crippen LogP contribution < -0.4 is 10.7 Å². The highest BCUT2D eigenvalue weighted by molar-refractivity contribution is 6.02. The molecular weight excluding hydrogens is 414 g/mol. The number of nitrogens with one attached hydrogen (secondary N) is 2. The second-order valence-electron chi connectivity index (χ2n) is 6.06. The van der Waals surface area contributed by atoms with Crippen LogP contribution in [-0.4, -0.2) is 31.5 Å². The first-order valence-corrected chi connectivity index (χ1v) is 8.44. The van der Waals surface area contributed by atoms with E-state index in [0.717, 1.165) is 16.7 Å². The number of carbonyl (C=O) groups is 2. The summed E-state index contributed by atoms with van der Waals surface area (Å²) in [6.07, 6.45) is 0. The van der Waals surface area contributed by atoms with E-state index >= 15 is 0 Å². The molecule has 158 valence electrons. The molecule has 0 saturated heterocycles. The van der Waals surface area contributed by atoms with Gasteiger partial charge in [-0.25, -0.2) is 14.8 Å². The number of carbonyl (C=O) groups excluding carboxylic acids is 2. The predicted octanol–water partition coefficient (Wildman–Crippen LogP) is 3.64. The van der Waals surface area contributed by atoms with Gasteiger partial charge in [0.15, 0.2) is 5.69 Å². The van der Waals surface area contributed by atoms with Gasteiger partial charge in [-0.1, -0.05) is 5.22 Å². The van der Waals surface area contributed by atoms with Gasteiger partial charge in [-0.15, -0.1) is 5.11 Å². The first-order valence-electron chi connectivity index (χ1n) is 8.44. The highest BCUT2D eigenvalue weighted by atomic mass is 16.6. The fourth-order valence-corrected chi connectivity index (χ4v) is 2.73. The van der Waals surface area contributed by atoms with Gasteiger partial charge in [-0.3, -0.25) is 25.0 Å². The minimum atomic E-state index is -0.849. The van der Waals surface area contributed by atoms with Crippen LogP contribution in [0, 0.1) is 20.2 Å². The van der Waals surface area contributed by atoms with Crippen LogP contribution in [0.5, 0.6) is 5.88 Å². The molecule has 0 aliphatic carbocycles. The molecule has 0 saturated carbocycles. The lowest BCUT2D eigenvalue weighted by atomic mass is 10.2. The van der Waals surface area contributed by atoms with Gasteiger partial charge < -0.3 is 10.4 Å². The molecular formula is C17H13N7O7. The number of fused-ring (bicyclic) bond motifs is 1. The number of nitrogens with zero attached hydrogens (tertiary/aromatic N) is 5. The quantitative estimate of drug-likeness (QED) is 0.314. The molecule has 14 heteroatoms. The number of aromatic nitrogens is 1. The van der Waals surface area contributed by atoms with Crippen LogP contribution in [0.2, 0.25) is 0 Å². The van der Waals surface area contributed by atoms with E-state index in [2.05, 4.69) is 15.7 Å². The molecule has 0 bridgehead atoms. The minimum Gasteiger partial charge on any atom is -0.493 e. The molecule has 3 N–H and O–H groups in total. The number of urea groups is 1. The molecule has 31 heavy (non-hydrogen) atoms. The zero-order valence-corrected chi connectivity index (χ0v) is 15.7. The molecule has 0 spiro atoms. The van der Waals surface area contributed by atoms with E-state index < -0.39 is 27.7 Å². The van der Waals surface area contributed by atoms with Crippen LogP contribution in [0.25, 0.3) is 10.9 Å². The number of aromatic hydroxyl groups is 1. The molecule has 2 aromatic carbocycles. The number of amides is 2. The van der Waals surface area contributed by atoms with Crippen molar-refractivity contribution >= 4 is 45.6 Å². The molecule has 1 heterocycles. The topological polar surface area (TPSA) is 194 Å². The highest BCUT2D eigenvalue weighted by Crippen LogP contribution is 2.40. The van der Waals surface area contributed by atoms with Gasteiger partial charge in [-0.05, 0) is 18.2 Å². The summed E-state index contributed by atoms with van der Waals surface area (Å²) in [5.41, 5.74) is 1.71. The van der Waals surface area contributed by atoms with Gasteiger partial charge in [0.2, 0.25) is 11.8 Å². The maximum atomic E-state index is 11.9. The van der Waals surface area contributed by atoms with Crippen LogP contribution in [0.4, 0.5) is 27.5 Å². The Labute approximate surface area is 172 Å². The molecule has 0 radical (unpaired) electrons. The van der Waals surface area contributed by atoms with Gasteiger partial charge in [-0.2, -0.15) is 0 Å². The monoisotopic (exact) mass is 427 g/mol. The van der Waals surface area contributed by atoms with Crippen molar-refractivity contribution in [2.75, 3.05) is 5.32 Å². The normalized spacial score (nSPS) is 10.9. The molecule has 0 unspecified atom stereocenters. The summed E-state index contributed by atoms with van der Waals surface area (Å²) in [6, 6.07) is 7.70. The summed E-state index contributed by atoms with van der Waals surface area (Å²) < 4.78 is 0.893. The largest absolute Gasteiger partial charge is 0.493 e. The number of benzene rings is 2. The Morgan fingerprint density at radius 1 is 1.03 bits per heavy atom. The zero-order chi connectivity index (χ0) is 22.7. The average molecular weight is 427 g/mol. The van der Waals surface area contributed by atoms with Crippen LogP contribution in [0.1, 0.15) is 11.7 Å². The number of hydrogen-bond acceptors (Lipinski definition) is 9. The van der Waals surface area contributed by atoms with Crippen molar-refractivity contribution in [1.82, 2.24) is 9.99 Å². The summed E-state index contributed by atoms with van der Waals surface area (Å²) in [7, 11) is 0. The van der Waals surface area contributed by atoms with Crippen molar-refractivity contribution in [2.24, 2.45) is 10.3 Å². The smallest absolute Gasteiger partial charge is 0.341 e. The Hall–Kier alpha value is -4.88. The fraction of sp³-hybridized carbons (Fsp3) is 0.0588. The molecule has 3 aromatic rings. The van der Waals surface area contributed by atoms with Gasteiger partial charge in [0.05, 0.1) is 15.4 Å². The van der Waals surface area contributed by atoms with Crippen LogP contribution >= 0.6 is 0 Å². The van der Waals surface area contributed by atoms with E-state index in [1.807, 2.05) is 5.43 Å². The zero-order valence-electron chi connectivity index (χ0n) is 15.7. The molecule has 0 atom stereocenters. The number of hydrogen-bond donors (Lipinski definition) is 3. The second kappa shape index (κ2) is 8.24. The highest BCUT2D eigenvalue weighted by Gasteiger charge is 2.21. The molecule has 2 amide bonds. The van der Waals surface area contributed by atoms with Crippen molar-refractivity contribution in [2.45, 2.75) is 6.92 Å². The van der Waals surface area contributed by atoms with Gasteiger partial charge in [0, 0.05) is 42.3 Å². The van der Waals surface area contributed by atoms with Gasteiger partial charge >= 0.3 is 6.03 Å². The Bertz CT molecular complexity index is 1250. The Kier molecular flexibility index (Phi) is 5.54. The van der Waals surface area contributed by atoms with E-state index in [9.17, 15) is 34.9 Å². The lowest BCUT2D eigenvalue weighted by Crippen LogP contribution is -2.23. The first kappa shape index (κ1) is 20.8. The second-order valence-corrected chi connectivity index (χ2v) is 6.06. The number of non-ortho nitro benzene ring substituents is 2. The summed E-state index contributed by atoms with van der Waals surface area (Å²) in [5, 5.41) is 41.5. The lowest BCUT2D eigenvalue weighted by molar-refractivity contribution is -0.385. The Morgan fingerprint density at radius 3 is 2.23 bits per heavy atom. The van der Waals surface area contributed by atoms with Crippen LogP contribution in [0.15, 0.2) is 52.8 Å². The first-order chi connectivity index (χ1) is 14.7. The molecule has 14 nitrogen and oxygen atoms in total.